The van der Waals surface area contributed by atoms with E-state index in [1.165, 1.54) is 4.57 Å². The van der Waals surface area contributed by atoms with Gasteiger partial charge in [0.15, 0.2) is 0 Å². The highest BCUT2D eigenvalue weighted by atomic mass is 35.5. The molecule has 2 aromatic rings. The molecule has 0 N–H and O–H groups in total. The van der Waals surface area contributed by atoms with Gasteiger partial charge in [-0.25, -0.2) is 0 Å². The smallest absolute Gasteiger partial charge is 0.263 e. The standard InChI is InChI=1S/C17H16Cl2N2O3/c1-20-4-2-3-14(16(20)22)17(23)21-5-6-24-15(10-21)11-7-12(18)9-13(19)8-11/h2-4,7-9,15H,5-6,10H2,1H3/t15-/m0/s1. The molecule has 2 heterocycles. The molecular weight excluding hydrogens is 351 g/mol. The second-order valence-corrected chi connectivity index (χ2v) is 6.52. The topological polar surface area (TPSA) is 51.5 Å². The second-order valence-electron chi connectivity index (χ2n) is 5.65. The lowest BCUT2D eigenvalue weighted by molar-refractivity contribution is -0.0228. The van der Waals surface area contributed by atoms with Gasteiger partial charge in [-0.15, -0.1) is 0 Å². The zero-order valence-corrected chi connectivity index (χ0v) is 14.5. The monoisotopic (exact) mass is 366 g/mol. The predicted octanol–water partition coefficient (Wildman–Crippen LogP) is 2.91. The SMILES string of the molecule is Cn1cccc(C(=O)N2CCO[C@H](c3cc(Cl)cc(Cl)c3)C2)c1=O. The van der Waals surface area contributed by atoms with Crippen LogP contribution in [-0.2, 0) is 11.8 Å². The van der Waals surface area contributed by atoms with Crippen LogP contribution >= 0.6 is 23.2 Å². The van der Waals surface area contributed by atoms with Gasteiger partial charge in [-0.2, -0.15) is 0 Å². The molecule has 24 heavy (non-hydrogen) atoms. The summed E-state index contributed by atoms with van der Waals surface area (Å²) in [6.45, 7) is 1.16. The summed E-state index contributed by atoms with van der Waals surface area (Å²) in [7, 11) is 1.62. The van der Waals surface area contributed by atoms with Crippen LogP contribution in [0.4, 0.5) is 0 Å². The third kappa shape index (κ3) is 3.48. The van der Waals surface area contributed by atoms with Crippen molar-refractivity contribution in [1.82, 2.24) is 9.47 Å². The Balaban J connectivity index is 1.84. The maximum Gasteiger partial charge on any atom is 0.263 e. The Labute approximate surface area is 149 Å². The molecule has 0 bridgehead atoms. The van der Waals surface area contributed by atoms with E-state index in [9.17, 15) is 9.59 Å². The zero-order chi connectivity index (χ0) is 17.3. The fourth-order valence-electron chi connectivity index (χ4n) is 2.73. The lowest BCUT2D eigenvalue weighted by Crippen LogP contribution is -2.44. The molecule has 3 rings (SSSR count). The Kier molecular flexibility index (Phi) is 4.94. The quantitative estimate of drug-likeness (QED) is 0.820. The van der Waals surface area contributed by atoms with Crippen molar-refractivity contribution in [3.63, 3.8) is 0 Å². The molecule has 0 radical (unpaired) electrons. The number of aryl methyl sites for hydroxylation is 1. The maximum absolute atomic E-state index is 12.7. The molecule has 0 saturated carbocycles. The molecule has 0 aliphatic carbocycles. The molecule has 1 aliphatic heterocycles. The fourth-order valence-corrected chi connectivity index (χ4v) is 3.27. The minimum absolute atomic E-state index is 0.157. The molecule has 0 spiro atoms. The number of pyridine rings is 1. The number of morpholine rings is 1. The Bertz CT molecular complexity index is 815. The van der Waals surface area contributed by atoms with Gasteiger partial charge in [0.05, 0.1) is 13.2 Å². The summed E-state index contributed by atoms with van der Waals surface area (Å²) in [5.74, 6) is -0.294. The zero-order valence-electron chi connectivity index (χ0n) is 13.0. The van der Waals surface area contributed by atoms with E-state index in [0.717, 1.165) is 5.56 Å². The van der Waals surface area contributed by atoms with Gasteiger partial charge in [0.2, 0.25) is 0 Å². The maximum atomic E-state index is 12.7. The van der Waals surface area contributed by atoms with E-state index in [-0.39, 0.29) is 23.1 Å². The van der Waals surface area contributed by atoms with Gasteiger partial charge in [0.1, 0.15) is 11.7 Å². The molecular formula is C17H16Cl2N2O3. The van der Waals surface area contributed by atoms with E-state index in [2.05, 4.69) is 0 Å². The van der Waals surface area contributed by atoms with Gasteiger partial charge in [-0.1, -0.05) is 23.2 Å². The van der Waals surface area contributed by atoms with Crippen molar-refractivity contribution in [2.45, 2.75) is 6.10 Å². The third-order valence-electron chi connectivity index (χ3n) is 3.96. The number of benzene rings is 1. The number of nitrogens with zero attached hydrogens (tertiary/aromatic N) is 2. The van der Waals surface area contributed by atoms with Crippen LogP contribution < -0.4 is 5.56 Å². The molecule has 1 aromatic carbocycles. The molecule has 1 atom stereocenters. The van der Waals surface area contributed by atoms with Crippen LogP contribution in [0.15, 0.2) is 41.3 Å². The highest BCUT2D eigenvalue weighted by molar-refractivity contribution is 6.34. The van der Waals surface area contributed by atoms with Crippen molar-refractivity contribution in [1.29, 1.82) is 0 Å². The fraction of sp³-hybridized carbons (Fsp3) is 0.294. The third-order valence-corrected chi connectivity index (χ3v) is 4.40. The van der Waals surface area contributed by atoms with Crippen LogP contribution in [0.3, 0.4) is 0 Å². The minimum atomic E-state index is -0.327. The number of aromatic nitrogens is 1. The average Bonchev–Trinajstić information content (AvgIpc) is 2.56. The first-order valence-corrected chi connectivity index (χ1v) is 8.24. The summed E-state index contributed by atoms with van der Waals surface area (Å²) in [5.41, 5.74) is 0.659. The molecule has 1 fully saturated rings. The number of halogens is 2. The van der Waals surface area contributed by atoms with E-state index in [4.69, 9.17) is 27.9 Å². The number of amides is 1. The Morgan fingerprint density at radius 1 is 1.25 bits per heavy atom. The van der Waals surface area contributed by atoms with Crippen LogP contribution in [0.1, 0.15) is 22.0 Å². The Morgan fingerprint density at radius 2 is 1.96 bits per heavy atom. The van der Waals surface area contributed by atoms with Crippen molar-refractivity contribution < 1.29 is 9.53 Å². The van der Waals surface area contributed by atoms with Gasteiger partial charge in [0, 0.05) is 29.8 Å². The van der Waals surface area contributed by atoms with Gasteiger partial charge in [-0.3, -0.25) is 9.59 Å². The average molecular weight is 367 g/mol. The first kappa shape index (κ1) is 17.0. The molecule has 1 amide bonds. The van der Waals surface area contributed by atoms with E-state index in [1.54, 1.807) is 48.5 Å². The molecule has 126 valence electrons. The summed E-state index contributed by atoms with van der Waals surface area (Å²) in [6.07, 6.45) is 1.29. The van der Waals surface area contributed by atoms with Crippen molar-refractivity contribution in [3.8, 4) is 0 Å². The van der Waals surface area contributed by atoms with Crippen LogP contribution in [-0.4, -0.2) is 35.1 Å². The van der Waals surface area contributed by atoms with Gasteiger partial charge in [0.25, 0.3) is 11.5 Å². The van der Waals surface area contributed by atoms with Crippen LogP contribution in [0.5, 0.6) is 0 Å². The number of hydrogen-bond acceptors (Lipinski definition) is 3. The largest absolute Gasteiger partial charge is 0.370 e. The first-order chi connectivity index (χ1) is 11.5. The van der Waals surface area contributed by atoms with Crippen molar-refractivity contribution in [3.05, 3.63) is 68.1 Å². The summed E-state index contributed by atoms with van der Waals surface area (Å²) in [5, 5.41) is 1.03. The lowest BCUT2D eigenvalue weighted by Gasteiger charge is -2.33. The summed E-state index contributed by atoms with van der Waals surface area (Å²) < 4.78 is 7.14. The Hall–Kier alpha value is -1.82. The number of rotatable bonds is 2. The van der Waals surface area contributed by atoms with Crippen LogP contribution in [0.25, 0.3) is 0 Å². The highest BCUT2D eigenvalue weighted by Gasteiger charge is 2.27. The number of carbonyl (C=O) groups excluding carboxylic acids is 1. The number of hydrogen-bond donors (Lipinski definition) is 0. The van der Waals surface area contributed by atoms with E-state index in [1.807, 2.05) is 0 Å². The molecule has 5 nitrogen and oxygen atoms in total. The predicted molar refractivity (Wildman–Crippen MR) is 92.7 cm³/mol. The molecule has 0 unspecified atom stereocenters. The van der Waals surface area contributed by atoms with Crippen molar-refractivity contribution in [2.24, 2.45) is 7.05 Å². The van der Waals surface area contributed by atoms with Crippen LogP contribution in [0.2, 0.25) is 10.0 Å². The van der Waals surface area contributed by atoms with Gasteiger partial charge >= 0.3 is 0 Å². The molecule has 1 aromatic heterocycles. The van der Waals surface area contributed by atoms with E-state index in [0.29, 0.717) is 29.7 Å². The molecule has 1 saturated heterocycles. The van der Waals surface area contributed by atoms with E-state index >= 15 is 0 Å². The first-order valence-electron chi connectivity index (χ1n) is 7.48. The van der Waals surface area contributed by atoms with Gasteiger partial charge < -0.3 is 14.2 Å². The summed E-state index contributed by atoms with van der Waals surface area (Å²) in [6, 6.07) is 8.42. The molecule has 7 heteroatoms. The summed E-state index contributed by atoms with van der Waals surface area (Å²) >= 11 is 12.1. The highest BCUT2D eigenvalue weighted by Crippen LogP contribution is 2.28. The van der Waals surface area contributed by atoms with Crippen molar-refractivity contribution >= 4 is 29.1 Å². The van der Waals surface area contributed by atoms with Gasteiger partial charge in [-0.05, 0) is 35.9 Å². The Morgan fingerprint density at radius 3 is 2.67 bits per heavy atom. The number of ether oxygens (including phenoxy) is 1. The van der Waals surface area contributed by atoms with Crippen molar-refractivity contribution in [2.75, 3.05) is 19.7 Å². The molecule has 1 aliphatic rings. The van der Waals surface area contributed by atoms with E-state index < -0.39 is 0 Å². The normalized spacial score (nSPS) is 17.8. The summed E-state index contributed by atoms with van der Waals surface area (Å²) in [4.78, 5) is 26.5. The second kappa shape index (κ2) is 6.97. The minimum Gasteiger partial charge on any atom is -0.370 e. The van der Waals surface area contributed by atoms with Crippen LogP contribution in [0, 0.1) is 0 Å². The number of carbonyl (C=O) groups is 1. The lowest BCUT2D eigenvalue weighted by atomic mass is 10.1.